The van der Waals surface area contributed by atoms with Crippen LogP contribution in [0, 0.1) is 5.92 Å². The minimum Gasteiger partial charge on any atom is -0.369 e. The highest BCUT2D eigenvalue weighted by Crippen LogP contribution is 2.25. The third-order valence-electron chi connectivity index (χ3n) is 3.13. The standard InChI is InChI=1S/C11H17N3O/c12-11-13-7-9(10(15)14-11)6-8-4-2-1-3-5-8/h7-8H,1-6H2,(H3,12,13,14,15). The molecule has 1 saturated carbocycles. The van der Waals surface area contributed by atoms with Crippen LogP contribution in [0.3, 0.4) is 0 Å². The van der Waals surface area contributed by atoms with E-state index in [-0.39, 0.29) is 11.5 Å². The molecule has 1 aliphatic rings. The molecule has 1 fully saturated rings. The minimum atomic E-state index is -0.0759. The summed E-state index contributed by atoms with van der Waals surface area (Å²) in [5, 5.41) is 0. The van der Waals surface area contributed by atoms with E-state index in [0.717, 1.165) is 12.0 Å². The molecule has 0 aliphatic heterocycles. The lowest BCUT2D eigenvalue weighted by Gasteiger charge is -2.20. The van der Waals surface area contributed by atoms with Gasteiger partial charge in [-0.05, 0) is 12.3 Å². The van der Waals surface area contributed by atoms with Gasteiger partial charge < -0.3 is 5.73 Å². The molecule has 0 atom stereocenters. The van der Waals surface area contributed by atoms with Gasteiger partial charge in [0.1, 0.15) is 0 Å². The van der Waals surface area contributed by atoms with E-state index in [2.05, 4.69) is 9.97 Å². The summed E-state index contributed by atoms with van der Waals surface area (Å²) in [6, 6.07) is 0. The van der Waals surface area contributed by atoms with Crippen molar-refractivity contribution >= 4 is 5.95 Å². The Bertz CT molecular complexity index is 380. The molecule has 1 aromatic heterocycles. The van der Waals surface area contributed by atoms with E-state index in [9.17, 15) is 4.79 Å². The maximum atomic E-state index is 11.5. The molecule has 0 radical (unpaired) electrons. The number of nitrogen functional groups attached to an aromatic ring is 1. The van der Waals surface area contributed by atoms with E-state index in [1.165, 1.54) is 32.1 Å². The summed E-state index contributed by atoms with van der Waals surface area (Å²) < 4.78 is 0. The number of aromatic amines is 1. The minimum absolute atomic E-state index is 0.0759. The molecular weight excluding hydrogens is 190 g/mol. The highest BCUT2D eigenvalue weighted by Gasteiger charge is 2.15. The number of hydrogen-bond acceptors (Lipinski definition) is 3. The van der Waals surface area contributed by atoms with Gasteiger partial charge in [0, 0.05) is 11.8 Å². The summed E-state index contributed by atoms with van der Waals surface area (Å²) in [6.07, 6.45) is 8.88. The van der Waals surface area contributed by atoms with Crippen LogP contribution in [-0.4, -0.2) is 9.97 Å². The largest absolute Gasteiger partial charge is 0.369 e. The van der Waals surface area contributed by atoms with Crippen LogP contribution < -0.4 is 11.3 Å². The molecule has 82 valence electrons. The van der Waals surface area contributed by atoms with E-state index >= 15 is 0 Å². The average molecular weight is 207 g/mol. The van der Waals surface area contributed by atoms with Gasteiger partial charge in [-0.25, -0.2) is 4.98 Å². The normalized spacial score (nSPS) is 17.9. The molecule has 2 rings (SSSR count). The molecule has 4 nitrogen and oxygen atoms in total. The van der Waals surface area contributed by atoms with Crippen molar-refractivity contribution in [1.29, 1.82) is 0 Å². The van der Waals surface area contributed by atoms with Crippen molar-refractivity contribution in [1.82, 2.24) is 9.97 Å². The Balaban J connectivity index is 2.06. The molecule has 0 unspecified atom stereocenters. The first-order valence-electron chi connectivity index (χ1n) is 5.59. The second-order valence-electron chi connectivity index (χ2n) is 4.33. The van der Waals surface area contributed by atoms with Crippen molar-refractivity contribution in [3.63, 3.8) is 0 Å². The van der Waals surface area contributed by atoms with Gasteiger partial charge in [0.05, 0.1) is 0 Å². The lowest BCUT2D eigenvalue weighted by atomic mass is 9.85. The Kier molecular flexibility index (Phi) is 3.04. The predicted molar refractivity (Wildman–Crippen MR) is 59.5 cm³/mol. The highest BCUT2D eigenvalue weighted by molar-refractivity contribution is 5.17. The topological polar surface area (TPSA) is 71.8 Å². The zero-order valence-electron chi connectivity index (χ0n) is 8.83. The van der Waals surface area contributed by atoms with E-state index in [1.807, 2.05) is 0 Å². The molecule has 0 spiro atoms. The molecule has 0 amide bonds. The van der Waals surface area contributed by atoms with Gasteiger partial charge in [0.15, 0.2) is 5.95 Å². The second kappa shape index (κ2) is 4.47. The smallest absolute Gasteiger partial charge is 0.255 e. The van der Waals surface area contributed by atoms with E-state index < -0.39 is 0 Å². The van der Waals surface area contributed by atoms with Crippen molar-refractivity contribution in [2.24, 2.45) is 5.92 Å². The molecule has 0 bridgehead atoms. The highest BCUT2D eigenvalue weighted by atomic mass is 16.1. The van der Waals surface area contributed by atoms with Crippen LogP contribution in [0.5, 0.6) is 0 Å². The van der Waals surface area contributed by atoms with Crippen LogP contribution in [0.1, 0.15) is 37.7 Å². The second-order valence-corrected chi connectivity index (χ2v) is 4.33. The van der Waals surface area contributed by atoms with Gasteiger partial charge in [-0.3, -0.25) is 9.78 Å². The summed E-state index contributed by atoms with van der Waals surface area (Å²) in [5.74, 6) is 0.859. The number of H-pyrrole nitrogens is 1. The van der Waals surface area contributed by atoms with Gasteiger partial charge in [-0.1, -0.05) is 32.1 Å². The monoisotopic (exact) mass is 207 g/mol. The van der Waals surface area contributed by atoms with Crippen molar-refractivity contribution in [3.8, 4) is 0 Å². The lowest BCUT2D eigenvalue weighted by Crippen LogP contribution is -2.19. The molecule has 4 heteroatoms. The Morgan fingerprint density at radius 3 is 2.80 bits per heavy atom. The fourth-order valence-electron chi connectivity index (χ4n) is 2.28. The Morgan fingerprint density at radius 1 is 1.40 bits per heavy atom. The van der Waals surface area contributed by atoms with Gasteiger partial charge in [-0.15, -0.1) is 0 Å². The predicted octanol–water partition coefficient (Wildman–Crippen LogP) is 1.47. The van der Waals surface area contributed by atoms with Crippen LogP contribution >= 0.6 is 0 Å². The Hall–Kier alpha value is -1.32. The fraction of sp³-hybridized carbons (Fsp3) is 0.636. The van der Waals surface area contributed by atoms with Crippen molar-refractivity contribution < 1.29 is 0 Å². The Morgan fingerprint density at radius 2 is 2.13 bits per heavy atom. The van der Waals surface area contributed by atoms with Crippen LogP contribution in [0.25, 0.3) is 0 Å². The first kappa shape index (κ1) is 10.2. The zero-order chi connectivity index (χ0) is 10.7. The molecule has 0 saturated heterocycles. The van der Waals surface area contributed by atoms with Gasteiger partial charge in [0.2, 0.25) is 0 Å². The van der Waals surface area contributed by atoms with Gasteiger partial charge in [-0.2, -0.15) is 0 Å². The number of nitrogens with zero attached hydrogens (tertiary/aromatic N) is 1. The molecule has 1 aromatic rings. The van der Waals surface area contributed by atoms with Gasteiger partial charge >= 0.3 is 0 Å². The molecular formula is C11H17N3O. The molecule has 3 N–H and O–H groups in total. The number of nitrogens with one attached hydrogen (secondary N) is 1. The SMILES string of the molecule is Nc1ncc(CC2CCCCC2)c(=O)[nH]1. The van der Waals surface area contributed by atoms with E-state index in [4.69, 9.17) is 5.73 Å². The van der Waals surface area contributed by atoms with E-state index in [0.29, 0.717) is 5.92 Å². The van der Waals surface area contributed by atoms with Crippen LogP contribution in [-0.2, 0) is 6.42 Å². The maximum absolute atomic E-state index is 11.5. The number of rotatable bonds is 2. The van der Waals surface area contributed by atoms with E-state index in [1.54, 1.807) is 6.20 Å². The van der Waals surface area contributed by atoms with Crippen molar-refractivity contribution in [3.05, 3.63) is 22.1 Å². The number of aromatic nitrogens is 2. The summed E-state index contributed by atoms with van der Waals surface area (Å²) >= 11 is 0. The number of anilines is 1. The summed E-state index contributed by atoms with van der Waals surface area (Å²) in [5.41, 5.74) is 6.09. The summed E-state index contributed by atoms with van der Waals surface area (Å²) in [6.45, 7) is 0. The first-order chi connectivity index (χ1) is 7.25. The molecule has 1 heterocycles. The van der Waals surface area contributed by atoms with Gasteiger partial charge in [0.25, 0.3) is 5.56 Å². The number of nitrogens with two attached hydrogens (primary N) is 1. The van der Waals surface area contributed by atoms with Crippen LogP contribution in [0.4, 0.5) is 5.95 Å². The average Bonchev–Trinajstić information content (AvgIpc) is 2.24. The zero-order valence-corrected chi connectivity index (χ0v) is 8.83. The lowest BCUT2D eigenvalue weighted by molar-refractivity contribution is 0.355. The van der Waals surface area contributed by atoms with Crippen LogP contribution in [0.15, 0.2) is 11.0 Å². The molecule has 1 aliphatic carbocycles. The Labute approximate surface area is 88.9 Å². The first-order valence-corrected chi connectivity index (χ1v) is 5.59. The maximum Gasteiger partial charge on any atom is 0.255 e. The molecule has 15 heavy (non-hydrogen) atoms. The van der Waals surface area contributed by atoms with Crippen molar-refractivity contribution in [2.75, 3.05) is 5.73 Å². The van der Waals surface area contributed by atoms with Crippen molar-refractivity contribution in [2.45, 2.75) is 38.5 Å². The molecule has 0 aromatic carbocycles. The fourth-order valence-corrected chi connectivity index (χ4v) is 2.28. The third-order valence-corrected chi connectivity index (χ3v) is 3.13. The summed E-state index contributed by atoms with van der Waals surface area (Å²) in [4.78, 5) is 18.0. The third kappa shape index (κ3) is 2.58. The van der Waals surface area contributed by atoms with Crippen LogP contribution in [0.2, 0.25) is 0 Å². The quantitative estimate of drug-likeness (QED) is 0.771. The summed E-state index contributed by atoms with van der Waals surface area (Å²) in [7, 11) is 0. The number of hydrogen-bond donors (Lipinski definition) is 2.